The number of aliphatic hydroxyl groups excluding tert-OH is 1. The Morgan fingerprint density at radius 1 is 1.24 bits per heavy atom. The number of para-hydroxylation sites is 1. The van der Waals surface area contributed by atoms with Gasteiger partial charge in [-0.2, -0.15) is 13.2 Å². The number of aliphatic hydroxyl groups is 1. The van der Waals surface area contributed by atoms with Crippen molar-refractivity contribution in [2.75, 3.05) is 23.7 Å². The predicted octanol–water partition coefficient (Wildman–Crippen LogP) is 1.69. The fraction of sp³-hybridized carbons (Fsp3) is 0.333. The van der Waals surface area contributed by atoms with Crippen molar-refractivity contribution in [1.29, 1.82) is 0 Å². The molecule has 17 heavy (non-hydrogen) atoms. The summed E-state index contributed by atoms with van der Waals surface area (Å²) in [6.45, 7) is -0.531. The molecule has 0 unspecified atom stereocenters. The van der Waals surface area contributed by atoms with E-state index >= 15 is 0 Å². The molecule has 0 saturated heterocycles. The van der Waals surface area contributed by atoms with Crippen LogP contribution >= 0.6 is 0 Å². The van der Waals surface area contributed by atoms with E-state index in [1.165, 1.54) is 0 Å². The largest absolute Gasteiger partial charge is 0.418 e. The van der Waals surface area contributed by atoms with Crippen LogP contribution in [-0.2, 0) is 6.18 Å². The van der Waals surface area contributed by atoms with Gasteiger partial charge < -0.3 is 10.4 Å². The van der Waals surface area contributed by atoms with Gasteiger partial charge in [0.2, 0.25) is 0 Å². The summed E-state index contributed by atoms with van der Waals surface area (Å²) in [7, 11) is 0. The van der Waals surface area contributed by atoms with Gasteiger partial charge >= 0.3 is 6.18 Å². The monoisotopic (exact) mass is 252 g/mol. The van der Waals surface area contributed by atoms with E-state index in [4.69, 9.17) is 15.5 Å². The molecule has 0 heterocycles. The molecule has 1 aromatic carbocycles. The second-order valence-electron chi connectivity index (χ2n) is 3.14. The Morgan fingerprint density at radius 2 is 1.88 bits per heavy atom. The van der Waals surface area contributed by atoms with Crippen LogP contribution in [0.2, 0.25) is 0 Å². The molecule has 0 bridgehead atoms. The molecular formula is C9H11F3N2O3. The molecule has 0 saturated carbocycles. The molecule has 0 spiro atoms. The van der Waals surface area contributed by atoms with Crippen LogP contribution in [0.3, 0.4) is 0 Å². The van der Waals surface area contributed by atoms with Gasteiger partial charge in [0, 0.05) is 6.54 Å². The van der Waals surface area contributed by atoms with Crippen LogP contribution in [0.15, 0.2) is 18.2 Å². The van der Waals surface area contributed by atoms with Gasteiger partial charge in [-0.3, -0.25) is 10.4 Å². The lowest BCUT2D eigenvalue weighted by atomic mass is 10.1. The van der Waals surface area contributed by atoms with E-state index in [0.717, 1.165) is 18.2 Å². The summed E-state index contributed by atoms with van der Waals surface area (Å²) in [6, 6.07) is 2.93. The number of anilines is 2. The molecule has 0 aliphatic rings. The van der Waals surface area contributed by atoms with Gasteiger partial charge in [-0.1, -0.05) is 6.07 Å². The van der Waals surface area contributed by atoms with Gasteiger partial charge in [-0.15, -0.1) is 5.23 Å². The fourth-order valence-corrected chi connectivity index (χ4v) is 1.31. The molecule has 4 N–H and O–H groups in total. The highest BCUT2D eigenvalue weighted by Gasteiger charge is 2.35. The van der Waals surface area contributed by atoms with E-state index in [1.807, 2.05) is 0 Å². The lowest BCUT2D eigenvalue weighted by molar-refractivity contribution is -0.137. The Bertz CT molecular complexity index is 382. The van der Waals surface area contributed by atoms with Gasteiger partial charge in [0.25, 0.3) is 0 Å². The summed E-state index contributed by atoms with van der Waals surface area (Å²) in [6.07, 6.45) is -4.64. The van der Waals surface area contributed by atoms with Crippen LogP contribution < -0.4 is 10.5 Å². The van der Waals surface area contributed by atoms with E-state index in [-0.39, 0.29) is 13.2 Å². The van der Waals surface area contributed by atoms with E-state index in [1.54, 1.807) is 0 Å². The Balaban J connectivity index is 3.24. The van der Waals surface area contributed by atoms with Crippen molar-refractivity contribution in [3.63, 3.8) is 0 Å². The Hall–Kier alpha value is -1.51. The molecule has 0 atom stereocenters. The number of rotatable bonds is 4. The molecule has 0 aliphatic heterocycles. The smallest absolute Gasteiger partial charge is 0.395 e. The molecule has 96 valence electrons. The second kappa shape index (κ2) is 5.21. The number of hydrogen-bond acceptors (Lipinski definition) is 5. The van der Waals surface area contributed by atoms with E-state index in [0.29, 0.717) is 0 Å². The standard InChI is InChI=1S/C9H11F3N2O3/c10-9(11,12)6-2-1-3-7(14(16)17)8(6)13-4-5-15/h1-3,13,15-17H,4-5H2. The molecule has 0 aromatic heterocycles. The lowest BCUT2D eigenvalue weighted by Crippen LogP contribution is -2.19. The minimum atomic E-state index is -4.64. The molecule has 5 nitrogen and oxygen atoms in total. The first-order valence-electron chi connectivity index (χ1n) is 4.60. The molecular weight excluding hydrogens is 241 g/mol. The highest BCUT2D eigenvalue weighted by molar-refractivity contribution is 5.72. The van der Waals surface area contributed by atoms with Crippen LogP contribution in [0.1, 0.15) is 5.56 Å². The third-order valence-electron chi connectivity index (χ3n) is 1.98. The normalized spacial score (nSPS) is 11.4. The number of benzene rings is 1. The number of nitrogens with one attached hydrogen (secondary N) is 1. The first-order valence-corrected chi connectivity index (χ1v) is 4.60. The minimum absolute atomic E-state index is 0.145. The maximum absolute atomic E-state index is 12.6. The zero-order valence-corrected chi connectivity index (χ0v) is 8.57. The molecule has 1 aromatic rings. The first-order chi connectivity index (χ1) is 7.88. The van der Waals surface area contributed by atoms with Crippen molar-refractivity contribution in [2.45, 2.75) is 6.18 Å². The van der Waals surface area contributed by atoms with Crippen molar-refractivity contribution in [3.8, 4) is 0 Å². The fourth-order valence-electron chi connectivity index (χ4n) is 1.31. The Labute approximate surface area is 94.6 Å². The van der Waals surface area contributed by atoms with E-state index in [2.05, 4.69) is 5.32 Å². The predicted molar refractivity (Wildman–Crippen MR) is 53.1 cm³/mol. The summed E-state index contributed by atoms with van der Waals surface area (Å²) in [5.74, 6) is 0. The van der Waals surface area contributed by atoms with Crippen LogP contribution in [0.25, 0.3) is 0 Å². The van der Waals surface area contributed by atoms with E-state index < -0.39 is 28.3 Å². The zero-order chi connectivity index (χ0) is 13.1. The molecule has 0 aliphatic carbocycles. The third-order valence-corrected chi connectivity index (χ3v) is 1.98. The van der Waals surface area contributed by atoms with Crippen LogP contribution in [0, 0.1) is 0 Å². The van der Waals surface area contributed by atoms with Crippen LogP contribution in [0.4, 0.5) is 24.5 Å². The summed E-state index contributed by atoms with van der Waals surface area (Å²) in [5.41, 5.74) is -2.00. The van der Waals surface area contributed by atoms with Crippen molar-refractivity contribution in [3.05, 3.63) is 23.8 Å². The maximum Gasteiger partial charge on any atom is 0.418 e. The van der Waals surface area contributed by atoms with Gasteiger partial charge in [-0.05, 0) is 12.1 Å². The average molecular weight is 252 g/mol. The SMILES string of the molecule is OCCNc1c(N(O)O)cccc1C(F)(F)F. The maximum atomic E-state index is 12.6. The zero-order valence-electron chi connectivity index (χ0n) is 8.57. The summed E-state index contributed by atoms with van der Waals surface area (Å²) < 4.78 is 37.9. The van der Waals surface area contributed by atoms with Gasteiger partial charge in [0.05, 0.1) is 17.9 Å². The first kappa shape index (κ1) is 13.6. The van der Waals surface area contributed by atoms with Crippen molar-refractivity contribution >= 4 is 11.4 Å². The minimum Gasteiger partial charge on any atom is -0.395 e. The second-order valence-corrected chi connectivity index (χ2v) is 3.14. The van der Waals surface area contributed by atoms with Crippen molar-refractivity contribution in [2.24, 2.45) is 0 Å². The summed E-state index contributed by atoms with van der Waals surface area (Å²) in [5, 5.41) is 28.1. The number of hydrogen-bond donors (Lipinski definition) is 4. The number of nitrogens with zero attached hydrogens (tertiary/aromatic N) is 1. The third kappa shape index (κ3) is 3.22. The molecule has 0 radical (unpaired) electrons. The van der Waals surface area contributed by atoms with Crippen LogP contribution in [0.5, 0.6) is 0 Å². The number of halogens is 3. The topological polar surface area (TPSA) is 76.0 Å². The Morgan fingerprint density at radius 3 is 2.35 bits per heavy atom. The Kier molecular flexibility index (Phi) is 4.16. The molecule has 0 amide bonds. The molecule has 8 heteroatoms. The summed E-state index contributed by atoms with van der Waals surface area (Å²) >= 11 is 0. The van der Waals surface area contributed by atoms with Gasteiger partial charge in [0.1, 0.15) is 5.69 Å². The van der Waals surface area contributed by atoms with Gasteiger partial charge in [0.15, 0.2) is 0 Å². The highest BCUT2D eigenvalue weighted by Crippen LogP contribution is 2.39. The quantitative estimate of drug-likeness (QED) is 0.613. The van der Waals surface area contributed by atoms with E-state index in [9.17, 15) is 13.2 Å². The van der Waals surface area contributed by atoms with Gasteiger partial charge in [-0.25, -0.2) is 0 Å². The highest BCUT2D eigenvalue weighted by atomic mass is 19.4. The lowest BCUT2D eigenvalue weighted by Gasteiger charge is -2.19. The number of alkyl halides is 3. The van der Waals surface area contributed by atoms with Crippen molar-refractivity contribution in [1.82, 2.24) is 0 Å². The van der Waals surface area contributed by atoms with Crippen molar-refractivity contribution < 1.29 is 28.7 Å². The average Bonchev–Trinajstić information content (AvgIpc) is 2.24. The molecule has 0 fully saturated rings. The summed E-state index contributed by atoms with van der Waals surface area (Å²) in [4.78, 5) is 0. The van der Waals surface area contributed by atoms with Crippen LogP contribution in [-0.4, -0.2) is 28.7 Å². The molecule has 1 rings (SSSR count).